The van der Waals surface area contributed by atoms with Gasteiger partial charge in [0, 0.05) is 30.4 Å². The Kier molecular flexibility index (Phi) is 4.81. The topological polar surface area (TPSA) is 42.7 Å². The van der Waals surface area contributed by atoms with E-state index in [1.807, 2.05) is 0 Å². The van der Waals surface area contributed by atoms with E-state index >= 15 is 0 Å². The molecule has 0 bridgehead atoms. The van der Waals surface area contributed by atoms with Crippen molar-refractivity contribution >= 4 is 5.69 Å². The molecule has 4 nitrogen and oxygen atoms in total. The second-order valence-corrected chi connectivity index (χ2v) is 5.67. The molecule has 0 aliphatic rings. The van der Waals surface area contributed by atoms with E-state index in [-0.39, 0.29) is 29.1 Å². The number of hydrogen-bond acceptors (Lipinski definition) is 3. The number of halogens is 6. The van der Waals surface area contributed by atoms with Crippen molar-refractivity contribution in [2.24, 2.45) is 7.05 Å². The molecule has 0 radical (unpaired) electrons. The van der Waals surface area contributed by atoms with Crippen LogP contribution in [0.3, 0.4) is 0 Å². The molecule has 3 rings (SSSR count). The largest absolute Gasteiger partial charge is 0.435 e. The van der Waals surface area contributed by atoms with Gasteiger partial charge in [-0.15, -0.1) is 0 Å². The zero-order valence-corrected chi connectivity index (χ0v) is 13.8. The summed E-state index contributed by atoms with van der Waals surface area (Å²) in [7, 11) is 1.27. The van der Waals surface area contributed by atoms with E-state index in [0.29, 0.717) is 0 Å². The first-order valence-electron chi connectivity index (χ1n) is 7.59. The lowest BCUT2D eigenvalue weighted by Gasteiger charge is -2.10. The second kappa shape index (κ2) is 6.93. The highest BCUT2D eigenvalue weighted by Crippen LogP contribution is 2.33. The lowest BCUT2D eigenvalue weighted by atomic mass is 10.1. The highest BCUT2D eigenvalue weighted by atomic mass is 19.4. The number of nitrogens with zero attached hydrogens (tertiary/aromatic N) is 3. The molecule has 0 saturated heterocycles. The summed E-state index contributed by atoms with van der Waals surface area (Å²) in [6.45, 7) is -0.261. The molecule has 3 aromatic rings. The molecule has 0 fully saturated rings. The maximum Gasteiger partial charge on any atom is 0.435 e. The van der Waals surface area contributed by atoms with Gasteiger partial charge in [-0.3, -0.25) is 9.67 Å². The van der Waals surface area contributed by atoms with Gasteiger partial charge < -0.3 is 5.32 Å². The number of aromatic nitrogens is 3. The standard InChI is InChI=1S/C17H12F6N4/c1-27-15(5-16(26-27)17(21,22)23)10-3-2-9(4-12(10)18)25-6-11-13(19)7-24-8-14(11)20/h2-5,7-8,25H,6H2,1H3. The van der Waals surface area contributed by atoms with E-state index < -0.39 is 29.3 Å². The van der Waals surface area contributed by atoms with Crippen LogP contribution in [0.25, 0.3) is 11.3 Å². The predicted molar refractivity (Wildman–Crippen MR) is 85.1 cm³/mol. The molecular weight excluding hydrogens is 374 g/mol. The summed E-state index contributed by atoms with van der Waals surface area (Å²) in [5.41, 5.74) is -1.35. The Hall–Kier alpha value is -3.04. The Morgan fingerprint density at radius 2 is 1.67 bits per heavy atom. The van der Waals surface area contributed by atoms with Crippen LogP contribution in [0.15, 0.2) is 36.7 Å². The molecule has 10 heteroatoms. The van der Waals surface area contributed by atoms with Crippen LogP contribution in [0, 0.1) is 17.5 Å². The minimum atomic E-state index is -4.65. The Morgan fingerprint density at radius 1 is 1.00 bits per heavy atom. The van der Waals surface area contributed by atoms with Gasteiger partial charge in [-0.05, 0) is 24.3 Å². The minimum absolute atomic E-state index is 0.0578. The van der Waals surface area contributed by atoms with Crippen molar-refractivity contribution in [1.29, 1.82) is 0 Å². The summed E-state index contributed by atoms with van der Waals surface area (Å²) >= 11 is 0. The fourth-order valence-corrected chi connectivity index (χ4v) is 2.49. The van der Waals surface area contributed by atoms with Gasteiger partial charge >= 0.3 is 6.18 Å². The molecule has 0 saturated carbocycles. The van der Waals surface area contributed by atoms with Gasteiger partial charge in [0.2, 0.25) is 0 Å². The molecule has 0 spiro atoms. The van der Waals surface area contributed by atoms with Crippen LogP contribution >= 0.6 is 0 Å². The van der Waals surface area contributed by atoms with Gasteiger partial charge in [-0.2, -0.15) is 18.3 Å². The number of anilines is 1. The van der Waals surface area contributed by atoms with Gasteiger partial charge in [-0.1, -0.05) is 0 Å². The van der Waals surface area contributed by atoms with Crippen molar-refractivity contribution in [2.75, 3.05) is 5.32 Å². The van der Waals surface area contributed by atoms with Crippen molar-refractivity contribution in [3.63, 3.8) is 0 Å². The Morgan fingerprint density at radius 3 is 2.22 bits per heavy atom. The normalized spacial score (nSPS) is 11.7. The molecule has 0 aliphatic heterocycles. The summed E-state index contributed by atoms with van der Waals surface area (Å²) < 4.78 is 80.6. The lowest BCUT2D eigenvalue weighted by molar-refractivity contribution is -0.141. The smallest absolute Gasteiger partial charge is 0.381 e. The number of hydrogen-bond donors (Lipinski definition) is 1. The quantitative estimate of drug-likeness (QED) is 0.670. The number of alkyl halides is 3. The van der Waals surface area contributed by atoms with Gasteiger partial charge in [0.1, 0.15) is 17.5 Å². The van der Waals surface area contributed by atoms with Crippen molar-refractivity contribution < 1.29 is 26.3 Å². The van der Waals surface area contributed by atoms with Crippen LogP contribution in [-0.2, 0) is 19.8 Å². The maximum absolute atomic E-state index is 14.4. The lowest BCUT2D eigenvalue weighted by Crippen LogP contribution is -2.06. The first-order valence-corrected chi connectivity index (χ1v) is 7.59. The zero-order chi connectivity index (χ0) is 19.8. The average Bonchev–Trinajstić information content (AvgIpc) is 2.96. The van der Waals surface area contributed by atoms with Crippen molar-refractivity contribution in [2.45, 2.75) is 12.7 Å². The number of nitrogens with one attached hydrogen (secondary N) is 1. The predicted octanol–water partition coefficient (Wildman–Crippen LogP) is 4.53. The molecule has 0 unspecified atom stereocenters. The van der Waals surface area contributed by atoms with E-state index in [1.165, 1.54) is 19.2 Å². The van der Waals surface area contributed by atoms with Crippen LogP contribution in [0.1, 0.15) is 11.3 Å². The monoisotopic (exact) mass is 386 g/mol. The van der Waals surface area contributed by atoms with Gasteiger partial charge in [0.05, 0.1) is 18.1 Å². The van der Waals surface area contributed by atoms with Crippen LogP contribution in [0.2, 0.25) is 0 Å². The van der Waals surface area contributed by atoms with Crippen LogP contribution in [0.4, 0.5) is 32.0 Å². The Bertz CT molecular complexity index is 960. The van der Waals surface area contributed by atoms with E-state index in [1.54, 1.807) is 0 Å². The molecule has 0 amide bonds. The van der Waals surface area contributed by atoms with Crippen LogP contribution in [0.5, 0.6) is 0 Å². The second-order valence-electron chi connectivity index (χ2n) is 5.67. The third-order valence-electron chi connectivity index (χ3n) is 3.84. The zero-order valence-electron chi connectivity index (χ0n) is 13.8. The van der Waals surface area contributed by atoms with Gasteiger partial charge in [0.15, 0.2) is 5.69 Å². The first-order chi connectivity index (χ1) is 12.7. The first kappa shape index (κ1) is 18.7. The fraction of sp³-hybridized carbons (Fsp3) is 0.176. The third kappa shape index (κ3) is 3.88. The average molecular weight is 386 g/mol. The summed E-state index contributed by atoms with van der Waals surface area (Å²) in [6.07, 6.45) is -2.94. The van der Waals surface area contributed by atoms with E-state index in [9.17, 15) is 26.3 Å². The fourth-order valence-electron chi connectivity index (χ4n) is 2.49. The van der Waals surface area contributed by atoms with Crippen LogP contribution in [-0.4, -0.2) is 14.8 Å². The molecule has 1 aromatic carbocycles. The Balaban J connectivity index is 1.83. The van der Waals surface area contributed by atoms with Gasteiger partial charge in [0.25, 0.3) is 0 Å². The summed E-state index contributed by atoms with van der Waals surface area (Å²) in [5, 5.41) is 5.99. The molecule has 27 heavy (non-hydrogen) atoms. The molecule has 1 N–H and O–H groups in total. The van der Waals surface area contributed by atoms with Crippen molar-refractivity contribution in [1.82, 2.24) is 14.8 Å². The number of pyridine rings is 1. The number of rotatable bonds is 4. The number of benzene rings is 1. The summed E-state index contributed by atoms with van der Waals surface area (Å²) in [6, 6.07) is 4.41. The minimum Gasteiger partial charge on any atom is -0.381 e. The van der Waals surface area contributed by atoms with E-state index in [2.05, 4.69) is 15.4 Å². The number of aryl methyl sites for hydroxylation is 1. The van der Waals surface area contributed by atoms with Crippen LogP contribution < -0.4 is 5.32 Å². The summed E-state index contributed by atoms with van der Waals surface area (Å²) in [5.74, 6) is -2.52. The molecular formula is C17H12F6N4. The Labute approximate surface area is 149 Å². The maximum atomic E-state index is 14.4. The van der Waals surface area contributed by atoms with Crippen molar-refractivity contribution in [3.05, 3.63) is 65.4 Å². The SMILES string of the molecule is Cn1nc(C(F)(F)F)cc1-c1ccc(NCc2c(F)cncc2F)cc1F. The van der Waals surface area contributed by atoms with Gasteiger partial charge in [-0.25, -0.2) is 13.2 Å². The molecule has 142 valence electrons. The highest BCUT2D eigenvalue weighted by molar-refractivity contribution is 5.64. The molecule has 0 atom stereocenters. The van der Waals surface area contributed by atoms with E-state index in [4.69, 9.17) is 0 Å². The highest BCUT2D eigenvalue weighted by Gasteiger charge is 2.35. The summed E-state index contributed by atoms with van der Waals surface area (Å²) in [4.78, 5) is 3.36. The van der Waals surface area contributed by atoms with E-state index in [0.717, 1.165) is 29.2 Å². The molecule has 0 aliphatic carbocycles. The molecule has 2 aromatic heterocycles. The molecule has 2 heterocycles. The van der Waals surface area contributed by atoms with Crippen molar-refractivity contribution in [3.8, 4) is 11.3 Å². The third-order valence-corrected chi connectivity index (χ3v) is 3.84.